The van der Waals surface area contributed by atoms with Gasteiger partial charge in [0, 0.05) is 32.7 Å². The van der Waals surface area contributed by atoms with E-state index in [1.807, 2.05) is 6.07 Å². The number of nitrogens with one attached hydrogen (secondary N) is 2. The van der Waals surface area contributed by atoms with Crippen LogP contribution in [0, 0.1) is 0 Å². The monoisotopic (exact) mass is 409 g/mol. The molecule has 2 rings (SSSR count). The number of carbonyl (C=O) groups excluding carboxylic acids is 1. The van der Waals surface area contributed by atoms with Crippen LogP contribution in [0.2, 0.25) is 0 Å². The molecule has 1 saturated heterocycles. The van der Waals surface area contributed by atoms with E-state index >= 15 is 0 Å². The van der Waals surface area contributed by atoms with E-state index in [0.717, 1.165) is 53.3 Å². The highest BCUT2D eigenvalue weighted by molar-refractivity contribution is 9.12. The Morgan fingerprint density at radius 1 is 1.42 bits per heavy atom. The lowest BCUT2D eigenvalue weighted by Gasteiger charge is -2.27. The Morgan fingerprint density at radius 2 is 2.16 bits per heavy atom. The minimum absolute atomic E-state index is 0.00543. The van der Waals surface area contributed by atoms with Gasteiger partial charge in [-0.15, -0.1) is 11.3 Å². The van der Waals surface area contributed by atoms with Crippen molar-refractivity contribution in [3.05, 3.63) is 19.2 Å². The molecule has 1 amide bonds. The highest BCUT2D eigenvalue weighted by atomic mass is 79.9. The minimum atomic E-state index is -0.00543. The average Bonchev–Trinajstić information content (AvgIpc) is 2.75. The zero-order chi connectivity index (χ0) is 13.7. The minimum Gasteiger partial charge on any atom is -0.352 e. The van der Waals surface area contributed by atoms with Gasteiger partial charge in [0.2, 0.25) is 0 Å². The summed E-state index contributed by atoms with van der Waals surface area (Å²) in [5.41, 5.74) is 0.707. The molecule has 0 radical (unpaired) electrons. The fourth-order valence-corrected chi connectivity index (χ4v) is 4.82. The van der Waals surface area contributed by atoms with Gasteiger partial charge in [0.15, 0.2) is 0 Å². The summed E-state index contributed by atoms with van der Waals surface area (Å²) in [5, 5.41) is 6.30. The predicted octanol–water partition coefficient (Wildman–Crippen LogP) is 2.30. The fourth-order valence-electron chi connectivity index (χ4n) is 2.03. The van der Waals surface area contributed by atoms with E-state index in [1.54, 1.807) is 0 Å². The number of hydrogen-bond acceptors (Lipinski definition) is 4. The van der Waals surface area contributed by atoms with Crippen LogP contribution in [-0.4, -0.2) is 50.1 Å². The van der Waals surface area contributed by atoms with Gasteiger partial charge in [0.05, 0.1) is 13.1 Å². The molecule has 0 atom stereocenters. The van der Waals surface area contributed by atoms with E-state index < -0.39 is 0 Å². The Labute approximate surface area is 134 Å². The first-order valence-electron chi connectivity index (χ1n) is 6.33. The topological polar surface area (TPSA) is 44.4 Å². The lowest BCUT2D eigenvalue weighted by molar-refractivity contribution is 0.0951. The maximum absolute atomic E-state index is 12.0. The van der Waals surface area contributed by atoms with E-state index in [-0.39, 0.29) is 5.91 Å². The molecule has 4 nitrogen and oxygen atoms in total. The normalized spacial score (nSPS) is 16.5. The van der Waals surface area contributed by atoms with Crippen molar-refractivity contribution in [2.45, 2.75) is 6.42 Å². The zero-order valence-electron chi connectivity index (χ0n) is 10.5. The molecular weight excluding hydrogens is 394 g/mol. The first-order valence-corrected chi connectivity index (χ1v) is 8.73. The van der Waals surface area contributed by atoms with Crippen LogP contribution >= 0.6 is 43.2 Å². The molecular formula is C12H17Br2N3OS. The van der Waals surface area contributed by atoms with Crippen molar-refractivity contribution in [1.82, 2.24) is 15.5 Å². The molecule has 2 heterocycles. The van der Waals surface area contributed by atoms with Gasteiger partial charge in [-0.2, -0.15) is 0 Å². The number of rotatable bonds is 5. The standard InChI is InChI=1S/C12H17Br2N3OS/c13-10-8-9(11(14)19-10)12(18)16-2-1-5-17-6-3-15-4-7-17/h8,15H,1-7H2,(H,16,18). The Kier molecular flexibility index (Phi) is 6.28. The second kappa shape index (κ2) is 7.73. The van der Waals surface area contributed by atoms with Crippen molar-refractivity contribution in [2.24, 2.45) is 0 Å². The quantitative estimate of drug-likeness (QED) is 0.732. The Hall–Kier alpha value is 0.0500. The highest BCUT2D eigenvalue weighted by Gasteiger charge is 2.13. The molecule has 0 aromatic carbocycles. The van der Waals surface area contributed by atoms with Gasteiger partial charge in [-0.3, -0.25) is 4.79 Å². The zero-order valence-corrected chi connectivity index (χ0v) is 14.5. The fraction of sp³-hybridized carbons (Fsp3) is 0.583. The van der Waals surface area contributed by atoms with Crippen molar-refractivity contribution in [1.29, 1.82) is 0 Å². The highest BCUT2D eigenvalue weighted by Crippen LogP contribution is 2.31. The number of hydrogen-bond donors (Lipinski definition) is 2. The summed E-state index contributed by atoms with van der Waals surface area (Å²) in [4.78, 5) is 14.4. The van der Waals surface area contributed by atoms with Gasteiger partial charge in [0.25, 0.3) is 5.91 Å². The number of amides is 1. The molecule has 19 heavy (non-hydrogen) atoms. The molecule has 106 valence electrons. The molecule has 1 aliphatic rings. The van der Waals surface area contributed by atoms with Gasteiger partial charge in [-0.1, -0.05) is 0 Å². The molecule has 0 aliphatic carbocycles. The lowest BCUT2D eigenvalue weighted by atomic mass is 10.3. The van der Waals surface area contributed by atoms with Crippen LogP contribution in [0.1, 0.15) is 16.8 Å². The Balaban J connectivity index is 1.67. The molecule has 0 saturated carbocycles. The van der Waals surface area contributed by atoms with Gasteiger partial charge in [-0.25, -0.2) is 0 Å². The van der Waals surface area contributed by atoms with Crippen LogP contribution in [0.25, 0.3) is 0 Å². The van der Waals surface area contributed by atoms with E-state index in [0.29, 0.717) is 5.56 Å². The summed E-state index contributed by atoms with van der Waals surface area (Å²) < 4.78 is 1.84. The van der Waals surface area contributed by atoms with Crippen molar-refractivity contribution in [3.63, 3.8) is 0 Å². The predicted molar refractivity (Wildman–Crippen MR) is 86.0 cm³/mol. The van der Waals surface area contributed by atoms with Crippen LogP contribution in [0.4, 0.5) is 0 Å². The van der Waals surface area contributed by atoms with Gasteiger partial charge >= 0.3 is 0 Å². The maximum Gasteiger partial charge on any atom is 0.253 e. The molecule has 1 aliphatic heterocycles. The third kappa shape index (κ3) is 4.82. The van der Waals surface area contributed by atoms with Crippen LogP contribution in [0.5, 0.6) is 0 Å². The first kappa shape index (κ1) is 15.4. The van der Waals surface area contributed by atoms with Crippen LogP contribution in [0.15, 0.2) is 13.6 Å². The summed E-state index contributed by atoms with van der Waals surface area (Å²) in [5.74, 6) is -0.00543. The van der Waals surface area contributed by atoms with Crippen LogP contribution in [0.3, 0.4) is 0 Å². The van der Waals surface area contributed by atoms with Crippen molar-refractivity contribution >= 4 is 49.1 Å². The number of nitrogens with zero attached hydrogens (tertiary/aromatic N) is 1. The third-order valence-corrected chi connectivity index (χ3v) is 5.39. The summed E-state index contributed by atoms with van der Waals surface area (Å²) in [6.07, 6.45) is 0.995. The van der Waals surface area contributed by atoms with Crippen molar-refractivity contribution in [2.75, 3.05) is 39.3 Å². The Bertz CT molecular complexity index is 433. The Morgan fingerprint density at radius 3 is 2.79 bits per heavy atom. The van der Waals surface area contributed by atoms with E-state index in [4.69, 9.17) is 0 Å². The molecule has 1 fully saturated rings. The molecule has 0 spiro atoms. The van der Waals surface area contributed by atoms with Crippen molar-refractivity contribution in [3.8, 4) is 0 Å². The summed E-state index contributed by atoms with van der Waals surface area (Å²) in [7, 11) is 0. The molecule has 0 unspecified atom stereocenters. The SMILES string of the molecule is O=C(NCCCN1CCNCC1)c1cc(Br)sc1Br. The summed E-state index contributed by atoms with van der Waals surface area (Å²) in [6, 6.07) is 1.85. The lowest BCUT2D eigenvalue weighted by Crippen LogP contribution is -2.44. The van der Waals surface area contributed by atoms with Gasteiger partial charge < -0.3 is 15.5 Å². The van der Waals surface area contributed by atoms with Gasteiger partial charge in [-0.05, 0) is 50.9 Å². The number of piperazine rings is 1. The first-order chi connectivity index (χ1) is 9.16. The summed E-state index contributed by atoms with van der Waals surface area (Å²) in [6.45, 7) is 6.14. The average molecular weight is 411 g/mol. The third-order valence-electron chi connectivity index (χ3n) is 3.05. The number of thiophene rings is 1. The maximum atomic E-state index is 12.0. The second-order valence-corrected chi connectivity index (χ2v) is 8.19. The van der Waals surface area contributed by atoms with Crippen molar-refractivity contribution < 1.29 is 4.79 Å². The smallest absolute Gasteiger partial charge is 0.253 e. The molecule has 0 bridgehead atoms. The van der Waals surface area contributed by atoms with Gasteiger partial charge in [0.1, 0.15) is 0 Å². The number of halogens is 2. The second-order valence-electron chi connectivity index (χ2n) is 4.44. The molecule has 7 heteroatoms. The van der Waals surface area contributed by atoms with E-state index in [9.17, 15) is 4.79 Å². The molecule has 2 N–H and O–H groups in total. The molecule has 1 aromatic rings. The summed E-state index contributed by atoms with van der Waals surface area (Å²) >= 11 is 8.30. The van der Waals surface area contributed by atoms with E-state index in [2.05, 4.69) is 47.4 Å². The molecule has 1 aromatic heterocycles. The van der Waals surface area contributed by atoms with Crippen LogP contribution < -0.4 is 10.6 Å². The van der Waals surface area contributed by atoms with Crippen LogP contribution in [-0.2, 0) is 0 Å². The van der Waals surface area contributed by atoms with E-state index in [1.165, 1.54) is 11.3 Å². The largest absolute Gasteiger partial charge is 0.352 e. The number of carbonyl (C=O) groups is 1.